The van der Waals surface area contributed by atoms with Crippen LogP contribution in [-0.4, -0.2) is 164 Å². The van der Waals surface area contributed by atoms with E-state index in [1.807, 2.05) is 27.7 Å². The third kappa shape index (κ3) is 12.6. The monoisotopic (exact) mass is 1130 g/mol. The smallest absolute Gasteiger partial charge is 0.245 e. The predicted molar refractivity (Wildman–Crippen MR) is 273 cm³/mol. The van der Waals surface area contributed by atoms with Gasteiger partial charge in [-0.3, -0.25) is 9.13 Å². The quantitative estimate of drug-likeness (QED) is 0.0972. The molecule has 0 saturated carbocycles. The topological polar surface area (TPSA) is 307 Å². The maximum Gasteiger partial charge on any atom is 0.245 e. The molecule has 26 nitrogen and oxygen atoms in total. The Labute approximate surface area is 449 Å². The van der Waals surface area contributed by atoms with Gasteiger partial charge in [-0.2, -0.15) is 19.9 Å². The standard InChI is InChI=1S/2C23H30ClN7O6S/c2*1-13(18(34-4)19-25-8-15(24)9-26-19)38(32,33)11-16-29-30-20(14-7-23(2,3)37-10-14)31(16)17-21(35-5)27-12-28-22(17)36-6/h2*8-9,12-14,18H,7,10-11H2,1-6H3/t13-,14+,18-;13-,14-,18-/m00/s1. The molecule has 2 aliphatic rings. The van der Waals surface area contributed by atoms with E-state index in [1.165, 1.54) is 93.9 Å². The summed E-state index contributed by atoms with van der Waals surface area (Å²) < 4.78 is 103. The van der Waals surface area contributed by atoms with Gasteiger partial charge in [0, 0.05) is 50.8 Å². The van der Waals surface area contributed by atoms with Crippen molar-refractivity contribution in [2.45, 2.75) is 112 Å². The van der Waals surface area contributed by atoms with Crippen LogP contribution in [0, 0.1) is 0 Å². The summed E-state index contributed by atoms with van der Waals surface area (Å²) in [5, 5.41) is 16.0. The molecular weight excluding hydrogens is 1080 g/mol. The fourth-order valence-corrected chi connectivity index (χ4v) is 11.9. The Bertz CT molecular complexity index is 2930. The van der Waals surface area contributed by atoms with E-state index in [0.717, 1.165) is 0 Å². The first-order valence-electron chi connectivity index (χ1n) is 23.5. The number of nitrogens with zero attached hydrogens (tertiary/aromatic N) is 14. The molecule has 2 saturated heterocycles. The molecule has 8 heterocycles. The SMILES string of the molecule is COc1ncnc(OC)c1-n1c(CS(=O)(=O)[C@@H](C)[C@H](OC)c2ncc(Cl)cn2)nnc1[C@@H]1COC(C)(C)C1.COc1ncnc(OC)c1-n1c(CS(=O)(=O)[C@@H](C)[C@H](OC)c2ncc(Cl)cn2)nnc1[C@H]1COC(C)(C)C1. The molecule has 0 spiro atoms. The second-order valence-corrected chi connectivity index (χ2v) is 24.5. The highest BCUT2D eigenvalue weighted by Crippen LogP contribution is 2.42. The summed E-state index contributed by atoms with van der Waals surface area (Å²) in [6.07, 6.45) is 7.53. The minimum absolute atomic E-state index is 0.134. The van der Waals surface area contributed by atoms with E-state index in [-0.39, 0.29) is 69.9 Å². The second-order valence-electron chi connectivity index (χ2n) is 18.9. The summed E-state index contributed by atoms with van der Waals surface area (Å²) in [5.41, 5.74) is -0.171. The lowest BCUT2D eigenvalue weighted by Gasteiger charge is -2.22. The minimum atomic E-state index is -3.90. The largest absolute Gasteiger partial charge is 0.479 e. The summed E-state index contributed by atoms with van der Waals surface area (Å²) in [6, 6.07) is 0. The molecule has 0 unspecified atom stereocenters. The number of hydrogen-bond acceptors (Lipinski definition) is 24. The van der Waals surface area contributed by atoms with Gasteiger partial charge in [-0.15, -0.1) is 20.4 Å². The lowest BCUT2D eigenvalue weighted by molar-refractivity contribution is 0.0356. The lowest BCUT2D eigenvalue weighted by Crippen LogP contribution is -2.30. The van der Waals surface area contributed by atoms with Crippen LogP contribution in [0.4, 0.5) is 0 Å². The molecule has 2 fully saturated rings. The van der Waals surface area contributed by atoms with Gasteiger partial charge in [-0.25, -0.2) is 36.8 Å². The molecule has 6 aromatic heterocycles. The van der Waals surface area contributed by atoms with Crippen molar-refractivity contribution in [2.75, 3.05) is 55.9 Å². The normalized spacial score (nSPS) is 18.8. The van der Waals surface area contributed by atoms with Crippen LogP contribution in [0.1, 0.15) is 113 Å². The summed E-state index contributed by atoms with van der Waals surface area (Å²) >= 11 is 11.8. The first-order valence-corrected chi connectivity index (χ1v) is 27.7. The van der Waals surface area contributed by atoms with Crippen molar-refractivity contribution in [3.05, 3.63) is 82.4 Å². The highest BCUT2D eigenvalue weighted by Gasteiger charge is 2.42. The summed E-state index contributed by atoms with van der Waals surface area (Å²) in [7, 11) is 0.790. The Balaban J connectivity index is 0.000000221. The Hall–Kier alpha value is -5.88. The average molecular weight is 1140 g/mol. The summed E-state index contributed by atoms with van der Waals surface area (Å²) in [6.45, 7) is 11.8. The van der Waals surface area contributed by atoms with Crippen LogP contribution < -0.4 is 18.9 Å². The van der Waals surface area contributed by atoms with Gasteiger partial charge in [0.25, 0.3) is 0 Å². The van der Waals surface area contributed by atoms with Gasteiger partial charge >= 0.3 is 0 Å². The van der Waals surface area contributed by atoms with E-state index in [9.17, 15) is 16.8 Å². The summed E-state index contributed by atoms with van der Waals surface area (Å²) in [5.74, 6) is 1.03. The number of aromatic nitrogens is 14. The molecule has 30 heteroatoms. The molecule has 0 aromatic carbocycles. The van der Waals surface area contributed by atoms with Crippen LogP contribution in [0.3, 0.4) is 0 Å². The highest BCUT2D eigenvalue weighted by atomic mass is 35.5. The lowest BCUT2D eigenvalue weighted by atomic mass is 9.97. The van der Waals surface area contributed by atoms with E-state index in [0.29, 0.717) is 59.1 Å². The van der Waals surface area contributed by atoms with E-state index >= 15 is 0 Å². The molecule has 6 atom stereocenters. The fraction of sp³-hybridized carbons (Fsp3) is 0.565. The van der Waals surface area contributed by atoms with E-state index < -0.39 is 53.9 Å². The molecule has 0 bridgehead atoms. The molecule has 8 rings (SSSR count). The minimum Gasteiger partial charge on any atom is -0.479 e. The van der Waals surface area contributed by atoms with Crippen molar-refractivity contribution >= 4 is 42.9 Å². The highest BCUT2D eigenvalue weighted by molar-refractivity contribution is 7.91. The molecule has 0 aliphatic carbocycles. The first kappa shape index (κ1) is 57.8. The predicted octanol–water partition coefficient (Wildman–Crippen LogP) is 4.98. The number of rotatable bonds is 20. The van der Waals surface area contributed by atoms with Gasteiger partial charge in [0.2, 0.25) is 23.5 Å². The molecule has 0 radical (unpaired) electrons. The number of methoxy groups -OCH3 is 6. The fourth-order valence-electron chi connectivity index (χ4n) is 8.90. The molecule has 0 N–H and O–H groups in total. The molecule has 6 aromatic rings. The average Bonchev–Trinajstić information content (AvgIpc) is 4.21. The molecular formula is C46H60Cl2N14O12S2. The molecule has 76 heavy (non-hydrogen) atoms. The maximum absolute atomic E-state index is 13.7. The van der Waals surface area contributed by atoms with Crippen LogP contribution in [0.25, 0.3) is 11.4 Å². The van der Waals surface area contributed by atoms with Crippen LogP contribution in [0.15, 0.2) is 37.4 Å². The number of ether oxygens (including phenoxy) is 8. The van der Waals surface area contributed by atoms with Gasteiger partial charge in [0.15, 0.2) is 54.3 Å². The second kappa shape index (κ2) is 23.8. The third-order valence-corrected chi connectivity index (χ3v) is 17.2. The Morgan fingerprint density at radius 2 is 0.868 bits per heavy atom. The van der Waals surface area contributed by atoms with Crippen LogP contribution in [0.2, 0.25) is 10.0 Å². The number of halogens is 2. The van der Waals surface area contributed by atoms with E-state index in [2.05, 4.69) is 60.3 Å². The Kier molecular flexibility index (Phi) is 18.1. The zero-order valence-corrected chi connectivity index (χ0v) is 47.0. The van der Waals surface area contributed by atoms with Crippen molar-refractivity contribution in [1.82, 2.24) is 69.4 Å². The molecule has 2 aliphatic heterocycles. The Morgan fingerprint density at radius 3 is 1.13 bits per heavy atom. The van der Waals surface area contributed by atoms with Gasteiger partial charge < -0.3 is 37.9 Å². The van der Waals surface area contributed by atoms with Gasteiger partial charge in [-0.1, -0.05) is 23.2 Å². The number of sulfone groups is 2. The molecule has 0 amide bonds. The van der Waals surface area contributed by atoms with E-state index in [4.69, 9.17) is 61.1 Å². The summed E-state index contributed by atoms with van der Waals surface area (Å²) in [4.78, 5) is 33.4. The van der Waals surface area contributed by atoms with Crippen LogP contribution >= 0.6 is 23.2 Å². The maximum atomic E-state index is 13.7. The first-order chi connectivity index (χ1) is 36.0. The van der Waals surface area contributed by atoms with Gasteiger partial charge in [0.05, 0.1) is 73.4 Å². The van der Waals surface area contributed by atoms with Gasteiger partial charge in [0.1, 0.15) is 48.0 Å². The van der Waals surface area contributed by atoms with E-state index in [1.54, 1.807) is 9.13 Å². The van der Waals surface area contributed by atoms with Crippen LogP contribution in [0.5, 0.6) is 23.5 Å². The van der Waals surface area contributed by atoms with Crippen LogP contribution in [-0.2, 0) is 50.1 Å². The van der Waals surface area contributed by atoms with Crippen molar-refractivity contribution in [3.63, 3.8) is 0 Å². The number of hydrogen-bond donors (Lipinski definition) is 0. The van der Waals surface area contributed by atoms with Crippen molar-refractivity contribution in [1.29, 1.82) is 0 Å². The van der Waals surface area contributed by atoms with Gasteiger partial charge in [-0.05, 0) is 54.4 Å². The van der Waals surface area contributed by atoms with Crippen molar-refractivity contribution in [3.8, 4) is 34.9 Å². The molecule has 412 valence electrons. The third-order valence-electron chi connectivity index (χ3n) is 12.7. The zero-order valence-electron chi connectivity index (χ0n) is 43.9. The zero-order chi connectivity index (χ0) is 55.3. The van der Waals surface area contributed by atoms with Crippen molar-refractivity contribution < 1.29 is 54.7 Å². The van der Waals surface area contributed by atoms with Crippen molar-refractivity contribution in [2.24, 2.45) is 0 Å². The Morgan fingerprint density at radius 1 is 0.553 bits per heavy atom.